The van der Waals surface area contributed by atoms with Crippen LogP contribution in [0, 0.1) is 0 Å². The van der Waals surface area contributed by atoms with Crippen LogP contribution in [0.4, 0.5) is 0 Å². The Morgan fingerprint density at radius 2 is 1.96 bits per heavy atom. The van der Waals surface area contributed by atoms with Crippen LogP contribution in [0.3, 0.4) is 0 Å². The number of rotatable bonds is 5. The highest BCUT2D eigenvalue weighted by Gasteiger charge is 2.23. The van der Waals surface area contributed by atoms with Crippen molar-refractivity contribution in [3.05, 3.63) is 53.6 Å². The largest absolute Gasteiger partial charge is 0.497 e. The van der Waals surface area contributed by atoms with Crippen molar-refractivity contribution in [3.63, 3.8) is 0 Å². The summed E-state index contributed by atoms with van der Waals surface area (Å²) in [6, 6.07) is 14.1. The molecular formula is C22H25NO4S. The molecule has 28 heavy (non-hydrogen) atoms. The zero-order valence-electron chi connectivity index (χ0n) is 16.1. The number of hydrogen-bond acceptors (Lipinski definition) is 5. The molecule has 2 aromatic rings. The maximum atomic E-state index is 12.7. The summed E-state index contributed by atoms with van der Waals surface area (Å²) < 4.78 is 16.1. The Hall–Kier alpha value is -2.34. The van der Waals surface area contributed by atoms with Crippen LogP contribution >= 0.6 is 11.8 Å². The Kier molecular flexibility index (Phi) is 5.95. The van der Waals surface area contributed by atoms with Gasteiger partial charge < -0.3 is 19.1 Å². The third-order valence-electron chi connectivity index (χ3n) is 5.25. The molecule has 1 atom stereocenters. The molecule has 0 N–H and O–H groups in total. The van der Waals surface area contributed by atoms with Crippen molar-refractivity contribution in [1.29, 1.82) is 0 Å². The van der Waals surface area contributed by atoms with E-state index >= 15 is 0 Å². The van der Waals surface area contributed by atoms with Crippen molar-refractivity contribution < 1.29 is 19.0 Å². The molecule has 1 amide bonds. The molecule has 5 nitrogen and oxygen atoms in total. The van der Waals surface area contributed by atoms with E-state index < -0.39 is 0 Å². The molecule has 2 aliphatic rings. The first-order valence-corrected chi connectivity index (χ1v) is 10.7. The number of fused-ring (bicyclic) bond motifs is 1. The number of amides is 1. The van der Waals surface area contributed by atoms with E-state index in [1.165, 1.54) is 5.56 Å². The monoisotopic (exact) mass is 399 g/mol. The standard InChI is InChI=1S/C22H25NO4S/c1-25-18-6-2-16(3-7-18)4-9-22(24)23-11-10-21(28-13-12-23)17-5-8-19-20(14-17)27-15-26-19/h2-3,5-8,14,21H,4,9-13,15H2,1H3. The fraction of sp³-hybridized carbons (Fsp3) is 0.409. The zero-order valence-corrected chi connectivity index (χ0v) is 16.9. The number of ether oxygens (including phenoxy) is 3. The minimum absolute atomic E-state index is 0.239. The van der Waals surface area contributed by atoms with Gasteiger partial charge in [0.2, 0.25) is 12.7 Å². The van der Waals surface area contributed by atoms with Gasteiger partial charge in [-0.15, -0.1) is 0 Å². The summed E-state index contributed by atoms with van der Waals surface area (Å²) in [7, 11) is 1.66. The number of carbonyl (C=O) groups excluding carboxylic acids is 1. The maximum absolute atomic E-state index is 12.7. The first-order chi connectivity index (χ1) is 13.7. The number of benzene rings is 2. The highest BCUT2D eigenvalue weighted by Crippen LogP contribution is 2.40. The van der Waals surface area contributed by atoms with Gasteiger partial charge in [0.25, 0.3) is 0 Å². The van der Waals surface area contributed by atoms with E-state index in [4.69, 9.17) is 14.2 Å². The van der Waals surface area contributed by atoms with Gasteiger partial charge in [0.05, 0.1) is 7.11 Å². The molecular weight excluding hydrogens is 374 g/mol. The van der Waals surface area contributed by atoms with Gasteiger partial charge >= 0.3 is 0 Å². The second kappa shape index (κ2) is 8.78. The van der Waals surface area contributed by atoms with E-state index in [1.54, 1.807) is 7.11 Å². The van der Waals surface area contributed by atoms with Crippen LogP contribution in [-0.4, -0.2) is 43.6 Å². The highest BCUT2D eigenvalue weighted by atomic mass is 32.2. The van der Waals surface area contributed by atoms with Crippen LogP contribution in [0.1, 0.15) is 29.2 Å². The van der Waals surface area contributed by atoms with Crippen molar-refractivity contribution in [3.8, 4) is 17.2 Å². The van der Waals surface area contributed by atoms with E-state index in [-0.39, 0.29) is 5.91 Å². The summed E-state index contributed by atoms with van der Waals surface area (Å²) in [6.45, 7) is 1.91. The summed E-state index contributed by atoms with van der Waals surface area (Å²) in [5, 5.41) is 0.383. The van der Waals surface area contributed by atoms with Crippen LogP contribution in [0.5, 0.6) is 17.2 Å². The molecule has 2 aliphatic heterocycles. The van der Waals surface area contributed by atoms with Gasteiger partial charge in [-0.1, -0.05) is 18.2 Å². The lowest BCUT2D eigenvalue weighted by Gasteiger charge is -2.20. The number of methoxy groups -OCH3 is 1. The van der Waals surface area contributed by atoms with Gasteiger partial charge in [0, 0.05) is 30.5 Å². The van der Waals surface area contributed by atoms with Crippen molar-refractivity contribution in [2.75, 3.05) is 32.7 Å². The smallest absolute Gasteiger partial charge is 0.231 e. The van der Waals surface area contributed by atoms with E-state index in [2.05, 4.69) is 12.1 Å². The van der Waals surface area contributed by atoms with Crippen LogP contribution in [0.15, 0.2) is 42.5 Å². The van der Waals surface area contributed by atoms with E-state index in [1.807, 2.05) is 47.0 Å². The lowest BCUT2D eigenvalue weighted by atomic mass is 10.1. The molecule has 0 radical (unpaired) electrons. The summed E-state index contributed by atoms with van der Waals surface area (Å²) in [5.74, 6) is 3.68. The molecule has 1 saturated heterocycles. The number of carbonyl (C=O) groups is 1. The molecule has 4 rings (SSSR count). The molecule has 1 fully saturated rings. The zero-order chi connectivity index (χ0) is 19.3. The highest BCUT2D eigenvalue weighted by molar-refractivity contribution is 7.99. The van der Waals surface area contributed by atoms with Gasteiger partial charge in [-0.25, -0.2) is 0 Å². The van der Waals surface area contributed by atoms with Gasteiger partial charge in [-0.3, -0.25) is 4.79 Å². The Morgan fingerprint density at radius 1 is 1.14 bits per heavy atom. The van der Waals surface area contributed by atoms with E-state index in [0.29, 0.717) is 18.5 Å². The Labute approximate surface area is 170 Å². The normalized spacial score (nSPS) is 18.6. The van der Waals surface area contributed by atoms with E-state index in [9.17, 15) is 4.79 Å². The molecule has 1 unspecified atom stereocenters. The van der Waals surface area contributed by atoms with Gasteiger partial charge in [0.1, 0.15) is 5.75 Å². The van der Waals surface area contributed by atoms with Crippen molar-refractivity contribution >= 4 is 17.7 Å². The van der Waals surface area contributed by atoms with Gasteiger partial charge in [-0.05, 0) is 48.2 Å². The molecule has 6 heteroatoms. The average Bonchev–Trinajstić information content (AvgIpc) is 3.07. The fourth-order valence-corrected chi connectivity index (χ4v) is 4.82. The molecule has 0 bridgehead atoms. The molecule has 2 heterocycles. The minimum Gasteiger partial charge on any atom is -0.497 e. The summed E-state index contributed by atoms with van der Waals surface area (Å²) in [5.41, 5.74) is 2.42. The molecule has 148 valence electrons. The van der Waals surface area contributed by atoms with Crippen LogP contribution in [0.2, 0.25) is 0 Å². The first kappa shape index (κ1) is 19.0. The number of thioether (sulfide) groups is 1. The lowest BCUT2D eigenvalue weighted by Crippen LogP contribution is -2.33. The quantitative estimate of drug-likeness (QED) is 0.759. The Bertz CT molecular complexity index is 824. The molecule has 0 saturated carbocycles. The Morgan fingerprint density at radius 3 is 2.79 bits per heavy atom. The van der Waals surface area contributed by atoms with Crippen molar-refractivity contribution in [1.82, 2.24) is 4.90 Å². The van der Waals surface area contributed by atoms with Gasteiger partial charge in [0.15, 0.2) is 11.5 Å². The Balaban J connectivity index is 1.31. The van der Waals surface area contributed by atoms with Crippen molar-refractivity contribution in [2.24, 2.45) is 0 Å². The third kappa shape index (κ3) is 4.38. The molecule has 0 aromatic heterocycles. The third-order valence-corrected chi connectivity index (χ3v) is 6.58. The van der Waals surface area contributed by atoms with Crippen LogP contribution in [-0.2, 0) is 11.2 Å². The van der Waals surface area contributed by atoms with Crippen LogP contribution in [0.25, 0.3) is 0 Å². The fourth-order valence-electron chi connectivity index (χ4n) is 3.60. The second-order valence-electron chi connectivity index (χ2n) is 6.99. The summed E-state index contributed by atoms with van der Waals surface area (Å²) in [4.78, 5) is 14.7. The minimum atomic E-state index is 0.239. The molecule has 0 spiro atoms. The second-order valence-corrected chi connectivity index (χ2v) is 8.30. The maximum Gasteiger partial charge on any atom is 0.231 e. The molecule has 2 aromatic carbocycles. The van der Waals surface area contributed by atoms with Gasteiger partial charge in [-0.2, -0.15) is 11.8 Å². The number of hydrogen-bond donors (Lipinski definition) is 0. The van der Waals surface area contributed by atoms with Crippen LogP contribution < -0.4 is 14.2 Å². The topological polar surface area (TPSA) is 48.0 Å². The first-order valence-electron chi connectivity index (χ1n) is 9.65. The molecule has 0 aliphatic carbocycles. The number of aryl methyl sites for hydroxylation is 1. The summed E-state index contributed by atoms with van der Waals surface area (Å²) >= 11 is 1.92. The number of nitrogens with zero attached hydrogens (tertiary/aromatic N) is 1. The van der Waals surface area contributed by atoms with E-state index in [0.717, 1.165) is 54.5 Å². The van der Waals surface area contributed by atoms with Crippen molar-refractivity contribution in [2.45, 2.75) is 24.5 Å². The SMILES string of the molecule is COc1ccc(CCC(=O)N2CCSC(c3ccc4c(c3)OCO4)CC2)cc1. The average molecular weight is 400 g/mol. The summed E-state index contributed by atoms with van der Waals surface area (Å²) in [6.07, 6.45) is 2.27. The lowest BCUT2D eigenvalue weighted by molar-refractivity contribution is -0.130. The predicted octanol–water partition coefficient (Wildman–Crippen LogP) is 4.06. The predicted molar refractivity (Wildman–Crippen MR) is 110 cm³/mol.